The zero-order valence-electron chi connectivity index (χ0n) is 44.4. The molecule has 3 atom stereocenters. The lowest BCUT2D eigenvalue weighted by Gasteiger charge is -2.25. The van der Waals surface area contributed by atoms with E-state index in [4.69, 9.17) is 9.05 Å². The van der Waals surface area contributed by atoms with Gasteiger partial charge in [-0.3, -0.25) is 13.8 Å². The number of carbonyl (C=O) groups is 1. The molecular weight excluding hydrogens is 840 g/mol. The second-order valence-corrected chi connectivity index (χ2v) is 22.1. The summed E-state index contributed by atoms with van der Waals surface area (Å²) in [5.74, 6) is -0.186. The smallest absolute Gasteiger partial charge is 0.387 e. The van der Waals surface area contributed by atoms with Gasteiger partial charge in [0.05, 0.1) is 39.9 Å². The fourth-order valence-corrected chi connectivity index (χ4v) is 9.11. The molecule has 3 unspecified atom stereocenters. The molecule has 66 heavy (non-hydrogen) atoms. The maximum absolute atomic E-state index is 13.0. The van der Waals surface area contributed by atoms with E-state index in [2.05, 4.69) is 43.5 Å². The maximum atomic E-state index is 13.0. The van der Waals surface area contributed by atoms with Gasteiger partial charge >= 0.3 is 7.82 Å². The number of allylic oxidation sites excluding steroid dienone is 5. The molecule has 0 heterocycles. The number of aliphatic hydroxyl groups is 1. The number of rotatable bonds is 52. The van der Waals surface area contributed by atoms with Crippen molar-refractivity contribution in [2.24, 2.45) is 0 Å². The average Bonchev–Trinajstić information content (AvgIpc) is 3.28. The minimum absolute atomic E-state index is 0.0550. The fraction of sp³-hybridized carbons (Fsp3) is 0.877. The lowest BCUT2D eigenvalue weighted by molar-refractivity contribution is -0.870. The van der Waals surface area contributed by atoms with Crippen LogP contribution in [0, 0.1) is 0 Å². The third-order valence-corrected chi connectivity index (χ3v) is 13.8. The van der Waals surface area contributed by atoms with Gasteiger partial charge in [0.25, 0.3) is 0 Å². The van der Waals surface area contributed by atoms with Crippen molar-refractivity contribution >= 4 is 13.7 Å². The van der Waals surface area contributed by atoms with Gasteiger partial charge in [-0.15, -0.1) is 0 Å². The molecule has 0 bridgehead atoms. The Bertz CT molecular complexity index is 1170. The summed E-state index contributed by atoms with van der Waals surface area (Å²) in [7, 11) is 1.56. The number of phosphoric acid groups is 1. The Morgan fingerprint density at radius 3 is 1.21 bits per heavy atom. The van der Waals surface area contributed by atoms with Crippen LogP contribution < -0.4 is 5.32 Å². The zero-order valence-corrected chi connectivity index (χ0v) is 45.3. The Kier molecular flexibility index (Phi) is 47.8. The van der Waals surface area contributed by atoms with Crippen molar-refractivity contribution in [3.05, 3.63) is 36.5 Å². The molecule has 0 fully saturated rings. The van der Waals surface area contributed by atoms with Crippen molar-refractivity contribution in [1.82, 2.24) is 5.32 Å². The van der Waals surface area contributed by atoms with Crippen molar-refractivity contribution in [3.63, 3.8) is 0 Å². The van der Waals surface area contributed by atoms with Crippen LogP contribution in [0.2, 0.25) is 0 Å². The van der Waals surface area contributed by atoms with E-state index in [1.54, 1.807) is 6.08 Å². The molecule has 0 aromatic carbocycles. The molecule has 0 saturated carbocycles. The quantitative estimate of drug-likeness (QED) is 0.0243. The second-order valence-electron chi connectivity index (χ2n) is 20.7. The number of nitrogens with one attached hydrogen (secondary N) is 1. The minimum Gasteiger partial charge on any atom is -0.387 e. The van der Waals surface area contributed by atoms with Crippen molar-refractivity contribution in [2.75, 3.05) is 40.9 Å². The molecule has 0 aromatic rings. The van der Waals surface area contributed by atoms with Crippen LogP contribution in [0.4, 0.5) is 0 Å². The second kappa shape index (κ2) is 48.7. The van der Waals surface area contributed by atoms with E-state index >= 15 is 0 Å². The van der Waals surface area contributed by atoms with E-state index in [-0.39, 0.29) is 19.1 Å². The molecule has 1 amide bonds. The first-order chi connectivity index (χ1) is 32.0. The topological polar surface area (TPSA) is 105 Å². The SMILES string of the molecule is CCCCCCCCC/C=C/CC/C=C/CC/C=C/C(O)C(COP(=O)(O)OCC[N+](C)(C)C)NC(=O)CCCCCCCCCCCCCCCCCCCCCCCCCCCCC. The first-order valence-electron chi connectivity index (χ1n) is 28.4. The van der Waals surface area contributed by atoms with Crippen molar-refractivity contribution in [2.45, 2.75) is 283 Å². The summed E-state index contributed by atoms with van der Waals surface area (Å²) in [6.07, 6.45) is 62.5. The highest BCUT2D eigenvalue weighted by Gasteiger charge is 2.27. The molecule has 0 aliphatic rings. The van der Waals surface area contributed by atoms with Gasteiger partial charge in [0.2, 0.25) is 5.91 Å². The van der Waals surface area contributed by atoms with E-state index in [1.807, 2.05) is 27.2 Å². The summed E-state index contributed by atoms with van der Waals surface area (Å²) in [5, 5.41) is 13.9. The summed E-state index contributed by atoms with van der Waals surface area (Å²) in [6.45, 7) is 4.81. The summed E-state index contributed by atoms with van der Waals surface area (Å²) < 4.78 is 23.7. The molecule has 8 nitrogen and oxygen atoms in total. The Balaban J connectivity index is 4.18. The number of quaternary nitrogens is 1. The van der Waals surface area contributed by atoms with Crippen LogP contribution in [-0.2, 0) is 18.4 Å². The molecule has 0 aliphatic carbocycles. The predicted octanol–water partition coefficient (Wildman–Crippen LogP) is 17.0. The minimum atomic E-state index is -4.35. The highest BCUT2D eigenvalue weighted by atomic mass is 31.2. The Labute approximate surface area is 410 Å². The number of likely N-dealkylation sites (N-methyl/N-ethyl adjacent to an activating group) is 1. The van der Waals surface area contributed by atoms with Gasteiger partial charge < -0.3 is 19.8 Å². The van der Waals surface area contributed by atoms with Crippen LogP contribution in [-0.4, -0.2) is 73.4 Å². The van der Waals surface area contributed by atoms with Gasteiger partial charge in [-0.05, 0) is 44.9 Å². The molecule has 9 heteroatoms. The number of phosphoric ester groups is 1. The fourth-order valence-electron chi connectivity index (χ4n) is 8.37. The number of hydrogen-bond acceptors (Lipinski definition) is 5. The first-order valence-corrected chi connectivity index (χ1v) is 29.9. The molecule has 0 aromatic heterocycles. The standard InChI is InChI=1S/C57H111N2O6P/c1-6-8-10-12-14-16-18-20-22-24-25-26-27-28-29-30-31-32-33-35-37-39-41-43-45-47-49-51-57(61)58-55(54-65-66(62,63)64-53-52-59(3,4)5)56(60)50-48-46-44-42-40-38-36-34-23-21-19-17-15-13-11-9-7-2/h23,34,40,42,48,50,55-56,60H,6-22,24-33,35-39,41,43-47,49,51-54H2,1-5H3,(H-,58,61,62,63)/p+1/b34-23+,42-40+,50-48+. The largest absolute Gasteiger partial charge is 0.472 e. The summed E-state index contributed by atoms with van der Waals surface area (Å²) >= 11 is 0. The number of unbranched alkanes of at least 4 members (excludes halogenated alkanes) is 35. The van der Waals surface area contributed by atoms with E-state index in [0.717, 1.165) is 44.9 Å². The highest BCUT2D eigenvalue weighted by Crippen LogP contribution is 2.43. The molecule has 0 rings (SSSR count). The molecule has 0 radical (unpaired) electrons. The Hall–Kier alpha value is -1.28. The van der Waals surface area contributed by atoms with E-state index in [9.17, 15) is 19.4 Å². The summed E-state index contributed by atoms with van der Waals surface area (Å²) in [5.41, 5.74) is 0. The van der Waals surface area contributed by atoms with E-state index < -0.39 is 20.0 Å². The molecular formula is C57H112N2O6P+. The number of hydrogen-bond donors (Lipinski definition) is 3. The van der Waals surface area contributed by atoms with Crippen LogP contribution in [0.5, 0.6) is 0 Å². The van der Waals surface area contributed by atoms with E-state index in [0.29, 0.717) is 17.4 Å². The summed E-state index contributed by atoms with van der Waals surface area (Å²) in [4.78, 5) is 23.3. The molecule has 0 aliphatic heterocycles. The third-order valence-electron chi connectivity index (χ3n) is 12.8. The van der Waals surface area contributed by atoms with Crippen molar-refractivity contribution in [3.8, 4) is 0 Å². The van der Waals surface area contributed by atoms with Gasteiger partial charge in [-0.2, -0.15) is 0 Å². The van der Waals surface area contributed by atoms with Crippen LogP contribution in [0.15, 0.2) is 36.5 Å². The van der Waals surface area contributed by atoms with Gasteiger partial charge in [-0.25, -0.2) is 4.57 Å². The average molecular weight is 953 g/mol. The highest BCUT2D eigenvalue weighted by molar-refractivity contribution is 7.47. The molecule has 0 saturated heterocycles. The first kappa shape index (κ1) is 64.7. The predicted molar refractivity (Wildman–Crippen MR) is 286 cm³/mol. The van der Waals surface area contributed by atoms with Gasteiger partial charge in [0, 0.05) is 6.42 Å². The van der Waals surface area contributed by atoms with Gasteiger partial charge in [0.1, 0.15) is 13.2 Å². The number of nitrogens with zero attached hydrogens (tertiary/aromatic N) is 1. The van der Waals surface area contributed by atoms with Crippen LogP contribution in [0.3, 0.4) is 0 Å². The van der Waals surface area contributed by atoms with Crippen LogP contribution >= 0.6 is 7.82 Å². The van der Waals surface area contributed by atoms with Crippen molar-refractivity contribution in [1.29, 1.82) is 0 Å². The number of amides is 1. The summed E-state index contributed by atoms with van der Waals surface area (Å²) in [6, 6.07) is -0.867. The number of carbonyl (C=O) groups excluding carboxylic acids is 1. The van der Waals surface area contributed by atoms with Crippen molar-refractivity contribution < 1.29 is 32.9 Å². The van der Waals surface area contributed by atoms with E-state index in [1.165, 1.54) is 205 Å². The lowest BCUT2D eigenvalue weighted by Crippen LogP contribution is -2.45. The molecule has 3 N–H and O–H groups in total. The maximum Gasteiger partial charge on any atom is 0.472 e. The lowest BCUT2D eigenvalue weighted by atomic mass is 10.0. The van der Waals surface area contributed by atoms with Crippen LogP contribution in [0.25, 0.3) is 0 Å². The van der Waals surface area contributed by atoms with Crippen LogP contribution in [0.1, 0.15) is 271 Å². The third kappa shape index (κ3) is 50.6. The Morgan fingerprint density at radius 2 is 0.833 bits per heavy atom. The normalized spacial score (nSPS) is 14.2. The monoisotopic (exact) mass is 952 g/mol. The number of aliphatic hydroxyl groups excluding tert-OH is 1. The van der Waals surface area contributed by atoms with Gasteiger partial charge in [-0.1, -0.05) is 256 Å². The molecule has 390 valence electrons. The molecule has 0 spiro atoms. The zero-order chi connectivity index (χ0) is 48.5. The van der Waals surface area contributed by atoms with Gasteiger partial charge in [0.15, 0.2) is 0 Å². The Morgan fingerprint density at radius 1 is 0.500 bits per heavy atom.